The van der Waals surface area contributed by atoms with E-state index in [1.54, 1.807) is 0 Å². The lowest BCUT2D eigenvalue weighted by Gasteiger charge is -2.32. The SMILES string of the molecule is Br.Br.CCCCc1ccnc(N2CCN(C)CC2)n1. The standard InChI is InChI=1S/C13H22N4.2BrH/c1-3-4-5-12-6-7-14-13(15-12)17-10-8-16(2)9-11-17;;/h6-7H,3-5,8-11H2,1-2H3;2*1H. The van der Waals surface area contributed by atoms with Gasteiger partial charge in [-0.05, 0) is 26.0 Å². The first-order valence-electron chi connectivity index (χ1n) is 6.55. The number of aromatic nitrogens is 2. The number of anilines is 1. The Morgan fingerprint density at radius 3 is 2.47 bits per heavy atom. The third kappa shape index (κ3) is 5.75. The van der Waals surface area contributed by atoms with Crippen LogP contribution in [0.4, 0.5) is 5.95 Å². The summed E-state index contributed by atoms with van der Waals surface area (Å²) in [5.41, 5.74) is 1.18. The minimum absolute atomic E-state index is 0. The van der Waals surface area contributed by atoms with E-state index in [9.17, 15) is 0 Å². The molecule has 19 heavy (non-hydrogen) atoms. The average Bonchev–Trinajstić information content (AvgIpc) is 2.37. The molecule has 0 aromatic carbocycles. The maximum Gasteiger partial charge on any atom is 0.225 e. The van der Waals surface area contributed by atoms with Crippen LogP contribution in [-0.2, 0) is 6.42 Å². The molecule has 1 aromatic rings. The Balaban J connectivity index is 0.00000162. The topological polar surface area (TPSA) is 32.3 Å². The van der Waals surface area contributed by atoms with E-state index in [1.165, 1.54) is 18.5 Å². The summed E-state index contributed by atoms with van der Waals surface area (Å²) in [5, 5.41) is 0. The second kappa shape index (κ2) is 9.66. The normalized spacial score (nSPS) is 15.6. The van der Waals surface area contributed by atoms with Gasteiger partial charge in [0.25, 0.3) is 0 Å². The van der Waals surface area contributed by atoms with Crippen LogP contribution in [-0.4, -0.2) is 48.1 Å². The second-order valence-corrected chi connectivity index (χ2v) is 4.74. The number of hydrogen-bond acceptors (Lipinski definition) is 4. The Bertz CT molecular complexity index is 354. The van der Waals surface area contributed by atoms with E-state index in [0.29, 0.717) is 0 Å². The van der Waals surface area contributed by atoms with Crippen molar-refractivity contribution in [2.45, 2.75) is 26.2 Å². The van der Waals surface area contributed by atoms with E-state index >= 15 is 0 Å². The van der Waals surface area contributed by atoms with Crippen LogP contribution in [0, 0.1) is 0 Å². The lowest BCUT2D eigenvalue weighted by atomic mass is 10.2. The van der Waals surface area contributed by atoms with E-state index in [4.69, 9.17) is 0 Å². The summed E-state index contributed by atoms with van der Waals surface area (Å²) in [5.74, 6) is 0.909. The van der Waals surface area contributed by atoms with Crippen LogP contribution in [0.3, 0.4) is 0 Å². The van der Waals surface area contributed by atoms with Gasteiger partial charge in [0.1, 0.15) is 0 Å². The number of likely N-dealkylation sites (N-methyl/N-ethyl adjacent to an activating group) is 1. The van der Waals surface area contributed by atoms with Crippen LogP contribution < -0.4 is 4.90 Å². The minimum atomic E-state index is 0. The minimum Gasteiger partial charge on any atom is -0.338 e. The number of piperazine rings is 1. The number of halogens is 2. The quantitative estimate of drug-likeness (QED) is 0.784. The highest BCUT2D eigenvalue weighted by Crippen LogP contribution is 2.11. The van der Waals surface area contributed by atoms with Crippen LogP contribution in [0.1, 0.15) is 25.5 Å². The number of nitrogens with zero attached hydrogens (tertiary/aromatic N) is 4. The average molecular weight is 396 g/mol. The monoisotopic (exact) mass is 394 g/mol. The summed E-state index contributed by atoms with van der Waals surface area (Å²) >= 11 is 0. The van der Waals surface area contributed by atoms with Gasteiger partial charge in [-0.1, -0.05) is 13.3 Å². The molecule has 0 amide bonds. The van der Waals surface area contributed by atoms with Crippen molar-refractivity contribution in [2.75, 3.05) is 38.1 Å². The molecule has 4 nitrogen and oxygen atoms in total. The van der Waals surface area contributed by atoms with Gasteiger partial charge in [-0.2, -0.15) is 0 Å². The van der Waals surface area contributed by atoms with Gasteiger partial charge in [0, 0.05) is 38.1 Å². The van der Waals surface area contributed by atoms with Crippen LogP contribution in [0.2, 0.25) is 0 Å². The Hall–Kier alpha value is -0.200. The molecular formula is C13H24Br2N4. The van der Waals surface area contributed by atoms with Crippen molar-refractivity contribution in [3.63, 3.8) is 0 Å². The number of rotatable bonds is 4. The van der Waals surface area contributed by atoms with Gasteiger partial charge in [-0.3, -0.25) is 0 Å². The number of hydrogen-bond donors (Lipinski definition) is 0. The molecule has 1 fully saturated rings. The molecule has 0 aliphatic carbocycles. The number of aryl methyl sites for hydroxylation is 1. The van der Waals surface area contributed by atoms with Crippen molar-refractivity contribution in [3.05, 3.63) is 18.0 Å². The van der Waals surface area contributed by atoms with Gasteiger partial charge >= 0.3 is 0 Å². The van der Waals surface area contributed by atoms with Gasteiger partial charge in [-0.15, -0.1) is 34.0 Å². The van der Waals surface area contributed by atoms with E-state index in [-0.39, 0.29) is 34.0 Å². The molecule has 1 aromatic heterocycles. The maximum atomic E-state index is 4.66. The van der Waals surface area contributed by atoms with Crippen molar-refractivity contribution >= 4 is 39.9 Å². The van der Waals surface area contributed by atoms with E-state index in [1.807, 2.05) is 12.3 Å². The van der Waals surface area contributed by atoms with E-state index < -0.39 is 0 Å². The number of unbranched alkanes of at least 4 members (excludes halogenated alkanes) is 1. The second-order valence-electron chi connectivity index (χ2n) is 4.74. The van der Waals surface area contributed by atoms with Crippen LogP contribution in [0.15, 0.2) is 12.3 Å². The summed E-state index contributed by atoms with van der Waals surface area (Å²) in [6.45, 7) is 6.48. The molecule has 110 valence electrons. The molecule has 0 unspecified atom stereocenters. The molecule has 2 heterocycles. The molecule has 1 aliphatic rings. The van der Waals surface area contributed by atoms with Crippen molar-refractivity contribution in [3.8, 4) is 0 Å². The molecular weight excluding hydrogens is 372 g/mol. The van der Waals surface area contributed by atoms with E-state index in [0.717, 1.165) is 38.5 Å². The molecule has 0 atom stereocenters. The zero-order chi connectivity index (χ0) is 12.1. The first-order valence-corrected chi connectivity index (χ1v) is 6.55. The summed E-state index contributed by atoms with van der Waals surface area (Å²) in [6.07, 6.45) is 5.39. The Labute approximate surface area is 137 Å². The summed E-state index contributed by atoms with van der Waals surface area (Å²) in [6, 6.07) is 2.04. The maximum absolute atomic E-state index is 4.66. The molecule has 6 heteroatoms. The molecule has 2 rings (SSSR count). The summed E-state index contributed by atoms with van der Waals surface area (Å²) in [4.78, 5) is 13.7. The first-order chi connectivity index (χ1) is 8.29. The van der Waals surface area contributed by atoms with Crippen LogP contribution >= 0.6 is 34.0 Å². The van der Waals surface area contributed by atoms with E-state index in [2.05, 4.69) is 33.7 Å². The van der Waals surface area contributed by atoms with Gasteiger partial charge < -0.3 is 9.80 Å². The largest absolute Gasteiger partial charge is 0.338 e. The predicted molar refractivity (Wildman–Crippen MR) is 91.0 cm³/mol. The molecule has 0 spiro atoms. The van der Waals surface area contributed by atoms with Gasteiger partial charge in [0.05, 0.1) is 0 Å². The van der Waals surface area contributed by atoms with Crippen molar-refractivity contribution in [1.82, 2.24) is 14.9 Å². The molecule has 1 saturated heterocycles. The lowest BCUT2D eigenvalue weighted by Crippen LogP contribution is -2.45. The van der Waals surface area contributed by atoms with Crippen LogP contribution in [0.5, 0.6) is 0 Å². The molecule has 0 saturated carbocycles. The molecule has 0 radical (unpaired) electrons. The molecule has 0 bridgehead atoms. The zero-order valence-corrected chi connectivity index (χ0v) is 15.1. The first kappa shape index (κ1) is 18.8. The van der Waals surface area contributed by atoms with Gasteiger partial charge in [0.2, 0.25) is 5.95 Å². The highest BCUT2D eigenvalue weighted by molar-refractivity contribution is 8.93. The highest BCUT2D eigenvalue weighted by Gasteiger charge is 2.16. The zero-order valence-electron chi connectivity index (χ0n) is 11.7. The predicted octanol–water partition coefficient (Wildman–Crippen LogP) is 2.73. The summed E-state index contributed by atoms with van der Waals surface area (Å²) < 4.78 is 0. The van der Waals surface area contributed by atoms with Crippen molar-refractivity contribution in [1.29, 1.82) is 0 Å². The van der Waals surface area contributed by atoms with Crippen molar-refractivity contribution in [2.24, 2.45) is 0 Å². The third-order valence-electron chi connectivity index (χ3n) is 3.27. The lowest BCUT2D eigenvalue weighted by molar-refractivity contribution is 0.311. The molecule has 0 N–H and O–H groups in total. The van der Waals surface area contributed by atoms with Gasteiger partial charge in [-0.25, -0.2) is 9.97 Å². The van der Waals surface area contributed by atoms with Crippen LogP contribution in [0.25, 0.3) is 0 Å². The summed E-state index contributed by atoms with van der Waals surface area (Å²) in [7, 11) is 2.16. The Morgan fingerprint density at radius 2 is 1.84 bits per heavy atom. The molecule has 1 aliphatic heterocycles. The Kier molecular flexibility index (Phi) is 9.56. The van der Waals surface area contributed by atoms with Gasteiger partial charge in [0.15, 0.2) is 0 Å². The fraction of sp³-hybridized carbons (Fsp3) is 0.692. The fourth-order valence-corrected chi connectivity index (χ4v) is 2.04. The Morgan fingerprint density at radius 1 is 1.16 bits per heavy atom. The highest BCUT2D eigenvalue weighted by atomic mass is 79.9. The smallest absolute Gasteiger partial charge is 0.225 e. The van der Waals surface area contributed by atoms with Crippen molar-refractivity contribution < 1.29 is 0 Å². The fourth-order valence-electron chi connectivity index (χ4n) is 2.04. The third-order valence-corrected chi connectivity index (χ3v) is 3.27.